The molecule has 0 aliphatic rings. The summed E-state index contributed by atoms with van der Waals surface area (Å²) in [5.41, 5.74) is -0.0239. The smallest absolute Gasteiger partial charge is 0.339 e. The normalized spacial score (nSPS) is 12.3. The number of hydrogen-bond acceptors (Lipinski definition) is 6. The number of nitrogens with one attached hydrogen (secondary N) is 1. The summed E-state index contributed by atoms with van der Waals surface area (Å²) in [6.07, 6.45) is 0. The molecule has 27 heavy (non-hydrogen) atoms. The highest BCUT2D eigenvalue weighted by molar-refractivity contribution is 7.89. The summed E-state index contributed by atoms with van der Waals surface area (Å²) in [7, 11) is -1.12. The van der Waals surface area contributed by atoms with E-state index in [1.807, 2.05) is 0 Å². The average molecular weight is 414 g/mol. The minimum Gasteiger partial charge on any atom is -0.497 e. The molecule has 0 aliphatic carbocycles. The lowest BCUT2D eigenvalue weighted by Crippen LogP contribution is -2.36. The fraction of sp³-hybridized carbons (Fsp3) is 0.278. The number of ether oxygens (including phenoxy) is 3. The van der Waals surface area contributed by atoms with Crippen LogP contribution in [0.4, 0.5) is 0 Å². The second kappa shape index (κ2) is 9.07. The molecule has 0 aromatic heterocycles. The van der Waals surface area contributed by atoms with Crippen LogP contribution in [0.3, 0.4) is 0 Å². The molecule has 146 valence electrons. The van der Waals surface area contributed by atoms with Crippen LogP contribution in [0.5, 0.6) is 11.5 Å². The van der Waals surface area contributed by atoms with Gasteiger partial charge in [0, 0.05) is 0 Å². The second-order valence-electron chi connectivity index (χ2n) is 5.64. The monoisotopic (exact) mass is 413 g/mol. The first-order valence-electron chi connectivity index (χ1n) is 7.94. The SMILES string of the molecule is COC(=O)c1cc(S(=O)(=O)N[C@@H](C)COc2ccc(OC)cc2)ccc1Cl. The van der Waals surface area contributed by atoms with Crippen molar-refractivity contribution in [2.75, 3.05) is 20.8 Å². The van der Waals surface area contributed by atoms with E-state index in [1.54, 1.807) is 38.3 Å². The molecule has 0 bridgehead atoms. The van der Waals surface area contributed by atoms with Crippen LogP contribution in [0.1, 0.15) is 17.3 Å². The number of carbonyl (C=O) groups is 1. The van der Waals surface area contributed by atoms with Gasteiger partial charge in [-0.1, -0.05) is 11.6 Å². The van der Waals surface area contributed by atoms with E-state index in [4.69, 9.17) is 21.1 Å². The van der Waals surface area contributed by atoms with Crippen molar-refractivity contribution in [1.82, 2.24) is 4.72 Å². The molecule has 2 aromatic carbocycles. The van der Waals surface area contributed by atoms with E-state index in [0.29, 0.717) is 11.5 Å². The van der Waals surface area contributed by atoms with Crippen LogP contribution in [-0.4, -0.2) is 41.3 Å². The van der Waals surface area contributed by atoms with Gasteiger partial charge in [-0.25, -0.2) is 17.9 Å². The molecule has 0 spiro atoms. The quantitative estimate of drug-likeness (QED) is 0.669. The standard InChI is InChI=1S/C18H20ClNO6S/c1-12(11-26-14-6-4-13(24-2)5-7-14)20-27(22,23)15-8-9-17(19)16(10-15)18(21)25-3/h4-10,12,20H,11H2,1-3H3/t12-/m0/s1. The third kappa shape index (κ3) is 5.59. The first-order valence-corrected chi connectivity index (χ1v) is 9.80. The molecule has 9 heteroatoms. The van der Waals surface area contributed by atoms with Crippen LogP contribution >= 0.6 is 11.6 Å². The minimum absolute atomic E-state index is 0.0239. The molecule has 1 atom stereocenters. The number of hydrogen-bond donors (Lipinski definition) is 1. The zero-order valence-corrected chi connectivity index (χ0v) is 16.6. The van der Waals surface area contributed by atoms with Crippen molar-refractivity contribution in [3.05, 3.63) is 53.1 Å². The van der Waals surface area contributed by atoms with Gasteiger partial charge in [0.25, 0.3) is 0 Å². The summed E-state index contributed by atoms with van der Waals surface area (Å²) in [6, 6.07) is 10.2. The fourth-order valence-electron chi connectivity index (χ4n) is 2.20. The van der Waals surface area contributed by atoms with Crippen LogP contribution in [0, 0.1) is 0 Å². The van der Waals surface area contributed by atoms with E-state index in [9.17, 15) is 13.2 Å². The van der Waals surface area contributed by atoms with E-state index >= 15 is 0 Å². The van der Waals surface area contributed by atoms with E-state index in [1.165, 1.54) is 25.3 Å². The molecule has 0 unspecified atom stereocenters. The third-order valence-electron chi connectivity index (χ3n) is 3.57. The summed E-state index contributed by atoms with van der Waals surface area (Å²) in [5.74, 6) is 0.564. The predicted octanol–water partition coefficient (Wildman–Crippen LogP) is 2.88. The molecule has 2 aromatic rings. The van der Waals surface area contributed by atoms with Gasteiger partial charge < -0.3 is 14.2 Å². The van der Waals surface area contributed by atoms with E-state index in [-0.39, 0.29) is 22.1 Å². The molecule has 0 amide bonds. The molecule has 0 saturated heterocycles. The van der Waals surface area contributed by atoms with Crippen molar-refractivity contribution >= 4 is 27.6 Å². The Balaban J connectivity index is 2.05. The van der Waals surface area contributed by atoms with Gasteiger partial charge in [0.15, 0.2) is 0 Å². The van der Waals surface area contributed by atoms with Crippen LogP contribution in [-0.2, 0) is 14.8 Å². The predicted molar refractivity (Wildman–Crippen MR) is 101 cm³/mol. The molecule has 0 fully saturated rings. The Labute approximate surface area is 163 Å². The highest BCUT2D eigenvalue weighted by atomic mass is 35.5. The van der Waals surface area contributed by atoms with E-state index in [0.717, 1.165) is 0 Å². The van der Waals surface area contributed by atoms with E-state index in [2.05, 4.69) is 9.46 Å². The van der Waals surface area contributed by atoms with Crippen molar-refractivity contribution in [3.8, 4) is 11.5 Å². The number of carbonyl (C=O) groups excluding carboxylic acids is 1. The van der Waals surface area contributed by atoms with Crippen molar-refractivity contribution in [2.24, 2.45) is 0 Å². The summed E-state index contributed by atoms with van der Waals surface area (Å²) in [5, 5.41) is 0.108. The summed E-state index contributed by atoms with van der Waals surface area (Å²) in [6.45, 7) is 1.78. The van der Waals surface area contributed by atoms with Gasteiger partial charge in [-0.05, 0) is 49.4 Å². The summed E-state index contributed by atoms with van der Waals surface area (Å²) < 4.78 is 42.8. The van der Waals surface area contributed by atoms with Crippen molar-refractivity contribution in [1.29, 1.82) is 0 Å². The van der Waals surface area contributed by atoms with Crippen molar-refractivity contribution in [3.63, 3.8) is 0 Å². The lowest BCUT2D eigenvalue weighted by atomic mass is 10.2. The van der Waals surface area contributed by atoms with Crippen LogP contribution in [0.2, 0.25) is 5.02 Å². The second-order valence-corrected chi connectivity index (χ2v) is 7.76. The number of rotatable bonds is 8. The van der Waals surface area contributed by atoms with Gasteiger partial charge in [-0.15, -0.1) is 0 Å². The Kier molecular flexibility index (Phi) is 7.06. The van der Waals surface area contributed by atoms with Crippen molar-refractivity contribution < 1.29 is 27.4 Å². The van der Waals surface area contributed by atoms with Gasteiger partial charge in [-0.2, -0.15) is 0 Å². The molecule has 0 radical (unpaired) electrons. The van der Waals surface area contributed by atoms with Crippen LogP contribution in [0.25, 0.3) is 0 Å². The molecule has 2 rings (SSSR count). The Morgan fingerprint density at radius 2 is 1.74 bits per heavy atom. The molecule has 7 nitrogen and oxygen atoms in total. The number of sulfonamides is 1. The number of esters is 1. The Bertz CT molecular complexity index is 899. The number of benzene rings is 2. The Morgan fingerprint density at radius 3 is 2.33 bits per heavy atom. The molecular weight excluding hydrogens is 394 g/mol. The lowest BCUT2D eigenvalue weighted by Gasteiger charge is -2.16. The lowest BCUT2D eigenvalue weighted by molar-refractivity contribution is 0.0600. The van der Waals surface area contributed by atoms with Crippen molar-refractivity contribution in [2.45, 2.75) is 17.9 Å². The van der Waals surface area contributed by atoms with Gasteiger partial charge in [-0.3, -0.25) is 0 Å². The van der Waals surface area contributed by atoms with Gasteiger partial charge >= 0.3 is 5.97 Å². The van der Waals surface area contributed by atoms with Crippen LogP contribution in [0.15, 0.2) is 47.4 Å². The highest BCUT2D eigenvalue weighted by Crippen LogP contribution is 2.22. The van der Waals surface area contributed by atoms with Gasteiger partial charge in [0.2, 0.25) is 10.0 Å². The zero-order valence-electron chi connectivity index (χ0n) is 15.1. The van der Waals surface area contributed by atoms with E-state index < -0.39 is 22.0 Å². The van der Waals surface area contributed by atoms with Gasteiger partial charge in [0.1, 0.15) is 18.1 Å². The topological polar surface area (TPSA) is 90.9 Å². The average Bonchev–Trinajstić information content (AvgIpc) is 2.66. The summed E-state index contributed by atoms with van der Waals surface area (Å²) in [4.78, 5) is 11.6. The first-order chi connectivity index (χ1) is 12.8. The first kappa shape index (κ1) is 21.0. The molecule has 1 N–H and O–H groups in total. The zero-order chi connectivity index (χ0) is 20.0. The fourth-order valence-corrected chi connectivity index (χ4v) is 3.65. The number of methoxy groups -OCH3 is 2. The minimum atomic E-state index is -3.87. The molecule has 0 aliphatic heterocycles. The Hall–Kier alpha value is -2.29. The summed E-state index contributed by atoms with van der Waals surface area (Å²) >= 11 is 5.92. The Morgan fingerprint density at radius 1 is 1.11 bits per heavy atom. The van der Waals surface area contributed by atoms with Crippen LogP contribution < -0.4 is 14.2 Å². The molecule has 0 heterocycles. The molecular formula is C18H20ClNO6S. The van der Waals surface area contributed by atoms with Gasteiger partial charge in [0.05, 0.1) is 35.7 Å². The molecule has 0 saturated carbocycles. The largest absolute Gasteiger partial charge is 0.497 e. The maximum absolute atomic E-state index is 12.5. The maximum atomic E-state index is 12.5. The third-order valence-corrected chi connectivity index (χ3v) is 5.49. The maximum Gasteiger partial charge on any atom is 0.339 e. The highest BCUT2D eigenvalue weighted by Gasteiger charge is 2.21. The number of halogens is 1.